The molecule has 2 rings (SSSR count). The molecule has 0 spiro atoms. The molecule has 7 nitrogen and oxygen atoms in total. The maximum absolute atomic E-state index is 12.0. The lowest BCUT2D eigenvalue weighted by Gasteiger charge is -2.35. The average molecular weight is 282 g/mol. The van der Waals surface area contributed by atoms with E-state index in [2.05, 4.69) is 5.32 Å². The molecule has 0 radical (unpaired) electrons. The molecule has 0 aliphatic carbocycles. The summed E-state index contributed by atoms with van der Waals surface area (Å²) < 4.78 is 11.4. The van der Waals surface area contributed by atoms with E-state index in [0.29, 0.717) is 18.7 Å². The zero-order valence-electron chi connectivity index (χ0n) is 10.3. The van der Waals surface area contributed by atoms with Crippen molar-refractivity contribution in [3.8, 4) is 0 Å². The molecule has 1 amide bonds. The van der Waals surface area contributed by atoms with Crippen molar-refractivity contribution in [3.63, 3.8) is 0 Å². The number of carbonyl (C=O) groups excluding carboxylic acids is 1. The number of benzene rings is 1. The molecule has 8 heteroatoms. The number of nitrogens with two attached hydrogens (primary N) is 3. The third-order valence-electron chi connectivity index (χ3n) is 3.24. The molecule has 2 unspecified atom stereocenters. The first-order valence-electron chi connectivity index (χ1n) is 5.84. The topological polar surface area (TPSA) is 127 Å². The lowest BCUT2D eigenvalue weighted by atomic mass is 9.99. The van der Waals surface area contributed by atoms with Gasteiger partial charge in [-0.25, -0.2) is 5.84 Å². The summed E-state index contributed by atoms with van der Waals surface area (Å²) in [6, 6.07) is 6.60. The van der Waals surface area contributed by atoms with Crippen LogP contribution in [-0.4, -0.2) is 28.8 Å². The molecule has 1 aromatic rings. The van der Waals surface area contributed by atoms with Crippen molar-refractivity contribution >= 4 is 25.7 Å². The van der Waals surface area contributed by atoms with E-state index in [1.54, 1.807) is 24.3 Å². The Labute approximate surface area is 112 Å². The molecular weight excluding hydrogens is 265 g/mol. The third-order valence-corrected chi connectivity index (χ3v) is 4.14. The van der Waals surface area contributed by atoms with Crippen LogP contribution in [0.1, 0.15) is 6.42 Å². The fourth-order valence-corrected chi connectivity index (χ4v) is 2.66. The van der Waals surface area contributed by atoms with Gasteiger partial charge in [-0.05, 0) is 30.7 Å². The van der Waals surface area contributed by atoms with E-state index in [9.17, 15) is 9.36 Å². The molecule has 0 aromatic heterocycles. The van der Waals surface area contributed by atoms with Crippen molar-refractivity contribution in [1.29, 1.82) is 0 Å². The number of hydrogen-bond donors (Lipinski definition) is 4. The predicted molar refractivity (Wildman–Crippen MR) is 74.7 cm³/mol. The number of nitrogens with one attached hydrogen (secondary N) is 1. The summed E-state index contributed by atoms with van der Waals surface area (Å²) in [5.41, 5.74) is 13.0. The predicted octanol–water partition coefficient (Wildman–Crippen LogP) is -0.166. The van der Waals surface area contributed by atoms with E-state index in [-0.39, 0.29) is 0 Å². The van der Waals surface area contributed by atoms with Crippen molar-refractivity contribution < 1.29 is 9.36 Å². The van der Waals surface area contributed by atoms with Crippen molar-refractivity contribution in [2.45, 2.75) is 17.7 Å². The summed E-state index contributed by atoms with van der Waals surface area (Å²) in [6.07, 6.45) is 0.526. The molecule has 0 bridgehead atoms. The van der Waals surface area contributed by atoms with Crippen LogP contribution in [0.2, 0.25) is 0 Å². The SMILES string of the molecule is Nc1ccc(NC2CCN(N)C(=O)[C@@]2(N)[PH+]=O)cc1. The van der Waals surface area contributed by atoms with E-state index in [1.807, 2.05) is 0 Å². The van der Waals surface area contributed by atoms with E-state index in [4.69, 9.17) is 17.3 Å². The molecule has 102 valence electrons. The van der Waals surface area contributed by atoms with E-state index in [0.717, 1.165) is 10.7 Å². The van der Waals surface area contributed by atoms with E-state index in [1.165, 1.54) is 0 Å². The first kappa shape index (κ1) is 13.7. The maximum Gasteiger partial charge on any atom is 0.359 e. The van der Waals surface area contributed by atoms with Gasteiger partial charge in [0, 0.05) is 17.9 Å². The van der Waals surface area contributed by atoms with Gasteiger partial charge >= 0.3 is 19.6 Å². The number of nitrogens with zero attached hydrogens (tertiary/aromatic N) is 1. The molecular formula is C11H17N5O2P+. The zero-order valence-corrected chi connectivity index (χ0v) is 11.3. The number of amides is 1. The van der Waals surface area contributed by atoms with Gasteiger partial charge in [0.2, 0.25) is 0 Å². The van der Waals surface area contributed by atoms with Crippen LogP contribution in [0, 0.1) is 0 Å². The minimum atomic E-state index is -1.49. The second-order valence-corrected chi connectivity index (χ2v) is 5.61. The van der Waals surface area contributed by atoms with Crippen LogP contribution in [0.3, 0.4) is 0 Å². The first-order chi connectivity index (χ1) is 8.97. The van der Waals surface area contributed by atoms with Gasteiger partial charge in [-0.1, -0.05) is 4.57 Å². The number of anilines is 2. The van der Waals surface area contributed by atoms with Gasteiger partial charge in [-0.2, -0.15) is 0 Å². The second-order valence-electron chi connectivity index (χ2n) is 4.58. The van der Waals surface area contributed by atoms with Crippen LogP contribution in [0.4, 0.5) is 11.4 Å². The fraction of sp³-hybridized carbons (Fsp3) is 0.364. The highest BCUT2D eigenvalue weighted by atomic mass is 31.1. The second kappa shape index (κ2) is 5.13. The summed E-state index contributed by atoms with van der Waals surface area (Å²) in [7, 11) is -0.975. The Kier molecular flexibility index (Phi) is 3.71. The standard InChI is InChI=1S/C11H16N5O2P/c12-7-1-3-8(4-2-7)15-9-5-6-16(14)10(17)11(9,13)19-18/h1-4,9,15H,5-6,12-14H2/p+1/t9?,11-/m0/s1. The maximum atomic E-state index is 12.0. The summed E-state index contributed by atoms with van der Waals surface area (Å²) in [6.45, 7) is 0.370. The van der Waals surface area contributed by atoms with E-state index >= 15 is 0 Å². The number of nitrogen functional groups attached to an aromatic ring is 1. The van der Waals surface area contributed by atoms with Crippen LogP contribution in [-0.2, 0) is 9.36 Å². The Morgan fingerprint density at radius 1 is 1.37 bits per heavy atom. The quantitative estimate of drug-likeness (QED) is 0.264. The highest BCUT2D eigenvalue weighted by Gasteiger charge is 2.55. The monoisotopic (exact) mass is 282 g/mol. The van der Waals surface area contributed by atoms with Gasteiger partial charge in [0.15, 0.2) is 0 Å². The van der Waals surface area contributed by atoms with Gasteiger partial charge in [0.25, 0.3) is 0 Å². The molecule has 1 aromatic carbocycles. The molecule has 0 saturated carbocycles. The highest BCUT2D eigenvalue weighted by Crippen LogP contribution is 2.31. The third kappa shape index (κ3) is 2.53. The number of piperidine rings is 1. The van der Waals surface area contributed by atoms with Gasteiger partial charge in [0.05, 0.1) is 0 Å². The largest absolute Gasteiger partial charge is 0.399 e. The Balaban J connectivity index is 2.21. The van der Waals surface area contributed by atoms with Crippen LogP contribution < -0.4 is 22.6 Å². The smallest absolute Gasteiger partial charge is 0.359 e. The molecule has 1 heterocycles. The van der Waals surface area contributed by atoms with Crippen molar-refractivity contribution in [1.82, 2.24) is 5.01 Å². The molecule has 1 aliphatic heterocycles. The van der Waals surface area contributed by atoms with Crippen LogP contribution in [0.5, 0.6) is 0 Å². The Hall–Kier alpha value is -1.69. The lowest BCUT2D eigenvalue weighted by Crippen LogP contribution is -2.66. The number of hydrogen-bond acceptors (Lipinski definition) is 6. The Morgan fingerprint density at radius 2 is 2.00 bits per heavy atom. The summed E-state index contributed by atoms with van der Waals surface area (Å²) in [5, 5.41) is 2.65. The Morgan fingerprint density at radius 3 is 2.58 bits per heavy atom. The molecule has 7 N–H and O–H groups in total. The highest BCUT2D eigenvalue weighted by molar-refractivity contribution is 7.27. The Bertz CT molecular complexity index is 494. The average Bonchev–Trinajstić information content (AvgIpc) is 2.42. The molecule has 1 fully saturated rings. The summed E-state index contributed by atoms with van der Waals surface area (Å²) in [4.78, 5) is 12.0. The number of rotatable bonds is 3. The number of carbonyl (C=O) groups is 1. The lowest BCUT2D eigenvalue weighted by molar-refractivity contribution is -0.137. The first-order valence-corrected chi connectivity index (χ1v) is 6.75. The van der Waals surface area contributed by atoms with Gasteiger partial charge in [-0.3, -0.25) is 15.5 Å². The van der Waals surface area contributed by atoms with Crippen LogP contribution in [0.15, 0.2) is 24.3 Å². The summed E-state index contributed by atoms with van der Waals surface area (Å²) in [5.74, 6) is 5.02. The fourth-order valence-electron chi connectivity index (χ4n) is 2.07. The normalized spacial score (nSPS) is 27.6. The van der Waals surface area contributed by atoms with E-state index < -0.39 is 25.7 Å². The molecule has 1 aliphatic rings. The molecule has 19 heavy (non-hydrogen) atoms. The van der Waals surface area contributed by atoms with Crippen LogP contribution in [0.25, 0.3) is 0 Å². The van der Waals surface area contributed by atoms with Gasteiger partial charge < -0.3 is 11.1 Å². The van der Waals surface area contributed by atoms with Crippen molar-refractivity contribution in [2.24, 2.45) is 11.6 Å². The number of hydrazine groups is 1. The summed E-state index contributed by atoms with van der Waals surface area (Å²) >= 11 is 0. The molecule has 3 atom stereocenters. The van der Waals surface area contributed by atoms with Crippen LogP contribution >= 0.6 is 8.46 Å². The van der Waals surface area contributed by atoms with Gasteiger partial charge in [0.1, 0.15) is 6.04 Å². The minimum absolute atomic E-state index is 0.370. The molecule has 1 saturated heterocycles. The van der Waals surface area contributed by atoms with Crippen molar-refractivity contribution in [3.05, 3.63) is 24.3 Å². The minimum Gasteiger partial charge on any atom is -0.399 e. The van der Waals surface area contributed by atoms with Crippen molar-refractivity contribution in [2.75, 3.05) is 17.6 Å². The zero-order chi connectivity index (χ0) is 14.0. The van der Waals surface area contributed by atoms with Gasteiger partial charge in [-0.15, -0.1) is 0 Å².